The zero-order valence-corrected chi connectivity index (χ0v) is 11.6. The zero-order chi connectivity index (χ0) is 15.2. The molecule has 2 atom stereocenters. The molecule has 2 aromatic rings. The van der Waals surface area contributed by atoms with Crippen LogP contribution < -0.4 is 5.73 Å². The predicted molar refractivity (Wildman–Crippen MR) is 81.7 cm³/mol. The first-order valence-electron chi connectivity index (χ1n) is 6.89. The Morgan fingerprint density at radius 2 is 1.57 bits per heavy atom. The Labute approximate surface area is 123 Å². The van der Waals surface area contributed by atoms with Crippen LogP contribution in [0.2, 0.25) is 0 Å². The van der Waals surface area contributed by atoms with Gasteiger partial charge in [0.2, 0.25) is 0 Å². The third-order valence-corrected chi connectivity index (χ3v) is 3.46. The summed E-state index contributed by atoms with van der Waals surface area (Å²) in [5.41, 5.74) is 8.70. The summed E-state index contributed by atoms with van der Waals surface area (Å²) in [5, 5.41) is 18.8. The van der Waals surface area contributed by atoms with Crippen LogP contribution in [0.5, 0.6) is 0 Å². The quantitative estimate of drug-likeness (QED) is 0.761. The number of carbonyl (C=O) groups is 1. The molecule has 0 aliphatic heterocycles. The maximum absolute atomic E-state index is 10.5. The van der Waals surface area contributed by atoms with Crippen molar-refractivity contribution in [3.8, 4) is 11.1 Å². The number of aliphatic hydroxyl groups is 1. The first-order chi connectivity index (χ1) is 10.1. The molecule has 0 radical (unpaired) electrons. The highest BCUT2D eigenvalue weighted by Gasteiger charge is 2.17. The first kappa shape index (κ1) is 15.2. The molecule has 0 heterocycles. The van der Waals surface area contributed by atoms with E-state index in [1.807, 2.05) is 54.6 Å². The Bertz CT molecular complexity index is 581. The van der Waals surface area contributed by atoms with Crippen LogP contribution in [0.4, 0.5) is 0 Å². The van der Waals surface area contributed by atoms with Crippen molar-refractivity contribution in [2.24, 2.45) is 5.73 Å². The lowest BCUT2D eigenvalue weighted by Crippen LogP contribution is -2.29. The molecule has 0 amide bonds. The molecule has 110 valence electrons. The molecule has 4 N–H and O–H groups in total. The molecular weight excluding hydrogens is 266 g/mol. The van der Waals surface area contributed by atoms with Gasteiger partial charge in [0.1, 0.15) is 0 Å². The zero-order valence-electron chi connectivity index (χ0n) is 11.6. The normalized spacial score (nSPS) is 13.6. The van der Waals surface area contributed by atoms with Gasteiger partial charge in [-0.05, 0) is 23.1 Å². The van der Waals surface area contributed by atoms with Crippen LogP contribution in [0.15, 0.2) is 54.6 Å². The van der Waals surface area contributed by atoms with E-state index in [9.17, 15) is 9.90 Å². The summed E-state index contributed by atoms with van der Waals surface area (Å²) in [6.07, 6.45) is -0.647. The average Bonchev–Trinajstić information content (AvgIpc) is 2.53. The van der Waals surface area contributed by atoms with Gasteiger partial charge in [-0.3, -0.25) is 4.79 Å². The van der Waals surface area contributed by atoms with Crippen molar-refractivity contribution < 1.29 is 15.0 Å². The van der Waals surface area contributed by atoms with E-state index < -0.39 is 18.1 Å². The second-order valence-electron chi connectivity index (χ2n) is 5.03. The van der Waals surface area contributed by atoms with E-state index in [1.54, 1.807) is 0 Å². The summed E-state index contributed by atoms with van der Waals surface area (Å²) in [5.74, 6) is -0.905. The largest absolute Gasteiger partial charge is 0.481 e. The third kappa shape index (κ3) is 4.15. The molecule has 0 saturated heterocycles. The molecule has 0 saturated carbocycles. The maximum Gasteiger partial charge on any atom is 0.303 e. The van der Waals surface area contributed by atoms with Gasteiger partial charge in [-0.25, -0.2) is 0 Å². The Morgan fingerprint density at radius 3 is 2.14 bits per heavy atom. The van der Waals surface area contributed by atoms with Gasteiger partial charge >= 0.3 is 5.97 Å². The van der Waals surface area contributed by atoms with E-state index in [0.29, 0.717) is 5.56 Å². The molecule has 2 unspecified atom stereocenters. The monoisotopic (exact) mass is 285 g/mol. The van der Waals surface area contributed by atoms with Gasteiger partial charge in [0.15, 0.2) is 0 Å². The van der Waals surface area contributed by atoms with Crippen molar-refractivity contribution in [1.82, 2.24) is 0 Å². The van der Waals surface area contributed by atoms with Crippen LogP contribution in [-0.2, 0) is 4.79 Å². The fourth-order valence-corrected chi connectivity index (χ4v) is 2.20. The fourth-order valence-electron chi connectivity index (χ4n) is 2.20. The molecule has 0 aliphatic rings. The predicted octanol–water partition coefficient (Wildman–Crippen LogP) is 2.58. The minimum Gasteiger partial charge on any atom is -0.481 e. The molecule has 2 aromatic carbocycles. The summed E-state index contributed by atoms with van der Waals surface area (Å²) >= 11 is 0. The van der Waals surface area contributed by atoms with E-state index in [4.69, 9.17) is 10.8 Å². The van der Waals surface area contributed by atoms with Crippen LogP contribution >= 0.6 is 0 Å². The SMILES string of the molecule is NC(CCC(=O)O)C(O)c1ccc(-c2ccccc2)cc1. The summed E-state index contributed by atoms with van der Waals surface area (Å²) in [6, 6.07) is 16.9. The Hall–Kier alpha value is -2.17. The highest BCUT2D eigenvalue weighted by molar-refractivity contribution is 5.66. The van der Waals surface area contributed by atoms with Gasteiger partial charge in [0, 0.05) is 12.5 Å². The van der Waals surface area contributed by atoms with Crippen LogP contribution in [0.25, 0.3) is 11.1 Å². The van der Waals surface area contributed by atoms with Gasteiger partial charge in [0.25, 0.3) is 0 Å². The van der Waals surface area contributed by atoms with Crippen molar-refractivity contribution in [3.63, 3.8) is 0 Å². The van der Waals surface area contributed by atoms with Gasteiger partial charge in [0.05, 0.1) is 6.10 Å². The van der Waals surface area contributed by atoms with E-state index >= 15 is 0 Å². The van der Waals surface area contributed by atoms with Crippen LogP contribution in [0.1, 0.15) is 24.5 Å². The second-order valence-corrected chi connectivity index (χ2v) is 5.03. The molecule has 0 aromatic heterocycles. The van der Waals surface area contributed by atoms with E-state index in [-0.39, 0.29) is 12.8 Å². The summed E-state index contributed by atoms with van der Waals surface area (Å²) < 4.78 is 0. The lowest BCUT2D eigenvalue weighted by molar-refractivity contribution is -0.137. The number of hydrogen-bond acceptors (Lipinski definition) is 3. The molecule has 0 aliphatic carbocycles. The molecule has 4 heteroatoms. The van der Waals surface area contributed by atoms with Crippen molar-refractivity contribution in [2.75, 3.05) is 0 Å². The number of rotatable bonds is 6. The maximum atomic E-state index is 10.5. The number of hydrogen-bond donors (Lipinski definition) is 3. The number of aliphatic hydroxyl groups excluding tert-OH is 1. The van der Waals surface area contributed by atoms with Crippen molar-refractivity contribution in [2.45, 2.75) is 25.0 Å². The highest BCUT2D eigenvalue weighted by Crippen LogP contribution is 2.23. The number of aliphatic carboxylic acids is 1. The lowest BCUT2D eigenvalue weighted by Gasteiger charge is -2.18. The molecule has 2 rings (SSSR count). The number of nitrogens with two attached hydrogens (primary N) is 1. The van der Waals surface area contributed by atoms with Gasteiger partial charge < -0.3 is 15.9 Å². The van der Waals surface area contributed by atoms with Crippen molar-refractivity contribution in [1.29, 1.82) is 0 Å². The van der Waals surface area contributed by atoms with Crippen molar-refractivity contribution in [3.05, 3.63) is 60.2 Å². The second kappa shape index (κ2) is 7.02. The van der Waals surface area contributed by atoms with Crippen LogP contribution in [0.3, 0.4) is 0 Å². The molecule has 0 spiro atoms. The minimum atomic E-state index is -0.905. The molecule has 0 fully saturated rings. The van der Waals surface area contributed by atoms with Gasteiger partial charge in [-0.2, -0.15) is 0 Å². The average molecular weight is 285 g/mol. The number of carboxylic acids is 1. The standard InChI is InChI=1S/C17H19NO3/c18-15(10-11-16(19)20)17(21)14-8-6-13(7-9-14)12-4-2-1-3-5-12/h1-9,15,17,21H,10-11,18H2,(H,19,20). The lowest BCUT2D eigenvalue weighted by atomic mass is 9.97. The Kier molecular flexibility index (Phi) is 5.09. The summed E-state index contributed by atoms with van der Waals surface area (Å²) in [7, 11) is 0. The Balaban J connectivity index is 2.06. The topological polar surface area (TPSA) is 83.6 Å². The first-order valence-corrected chi connectivity index (χ1v) is 6.89. The molecule has 21 heavy (non-hydrogen) atoms. The minimum absolute atomic E-state index is 0.0413. The smallest absolute Gasteiger partial charge is 0.303 e. The summed E-state index contributed by atoms with van der Waals surface area (Å²) in [4.78, 5) is 10.5. The van der Waals surface area contributed by atoms with E-state index in [2.05, 4.69) is 0 Å². The van der Waals surface area contributed by atoms with E-state index in [1.165, 1.54) is 0 Å². The number of benzene rings is 2. The van der Waals surface area contributed by atoms with Crippen molar-refractivity contribution >= 4 is 5.97 Å². The van der Waals surface area contributed by atoms with Crippen LogP contribution in [0, 0.1) is 0 Å². The fraction of sp³-hybridized carbons (Fsp3) is 0.235. The van der Waals surface area contributed by atoms with E-state index in [0.717, 1.165) is 11.1 Å². The Morgan fingerprint density at radius 1 is 1.00 bits per heavy atom. The van der Waals surface area contributed by atoms with Gasteiger partial charge in [-0.1, -0.05) is 54.6 Å². The molecule has 0 bridgehead atoms. The van der Waals surface area contributed by atoms with Crippen LogP contribution in [-0.4, -0.2) is 22.2 Å². The summed E-state index contributed by atoms with van der Waals surface area (Å²) in [6.45, 7) is 0. The van der Waals surface area contributed by atoms with Gasteiger partial charge in [-0.15, -0.1) is 0 Å². The molecular formula is C17H19NO3. The number of carboxylic acid groups (broad SMARTS) is 1. The highest BCUT2D eigenvalue weighted by atomic mass is 16.4. The third-order valence-electron chi connectivity index (χ3n) is 3.46. The molecule has 4 nitrogen and oxygen atoms in total.